The van der Waals surface area contributed by atoms with Crippen LogP contribution in [-0.4, -0.2) is 36.0 Å². The van der Waals surface area contributed by atoms with Crippen molar-refractivity contribution in [1.29, 1.82) is 0 Å². The Balaban J connectivity index is 1.40. The molecule has 0 unspecified atom stereocenters. The quantitative estimate of drug-likeness (QED) is 0.860. The Kier molecular flexibility index (Phi) is 4.98. The van der Waals surface area contributed by atoms with Gasteiger partial charge < -0.3 is 10.2 Å². The van der Waals surface area contributed by atoms with Crippen molar-refractivity contribution in [2.24, 2.45) is 5.92 Å². The lowest BCUT2D eigenvalue weighted by Crippen LogP contribution is -2.48. The number of amides is 1. The molecule has 0 aromatic carbocycles. The van der Waals surface area contributed by atoms with Crippen LogP contribution in [0.25, 0.3) is 0 Å². The maximum absolute atomic E-state index is 12.3. The standard InChI is InChI=1S/C17H30N2O/c20-17(14-6-2-1-3-7-14)18-15-10-12-19(13-11-15)16-8-4-5-9-16/h14-16H,1-13H2,(H,18,20). The first-order valence-electron chi connectivity index (χ1n) is 8.87. The molecule has 3 rings (SSSR count). The minimum atomic E-state index is 0.316. The van der Waals surface area contributed by atoms with Crippen LogP contribution in [0.1, 0.15) is 70.6 Å². The smallest absolute Gasteiger partial charge is 0.223 e. The number of rotatable bonds is 3. The number of hydrogen-bond donors (Lipinski definition) is 1. The topological polar surface area (TPSA) is 32.3 Å². The fraction of sp³-hybridized carbons (Fsp3) is 0.941. The monoisotopic (exact) mass is 278 g/mol. The van der Waals surface area contributed by atoms with Crippen molar-refractivity contribution in [2.75, 3.05) is 13.1 Å². The third-order valence-corrected chi connectivity index (χ3v) is 5.69. The highest BCUT2D eigenvalue weighted by molar-refractivity contribution is 5.79. The minimum absolute atomic E-state index is 0.316. The molecule has 3 aliphatic rings. The summed E-state index contributed by atoms with van der Waals surface area (Å²) in [6, 6.07) is 1.30. The van der Waals surface area contributed by atoms with Gasteiger partial charge in [0.25, 0.3) is 0 Å². The Morgan fingerprint density at radius 3 is 2.05 bits per heavy atom. The number of nitrogens with one attached hydrogen (secondary N) is 1. The van der Waals surface area contributed by atoms with Gasteiger partial charge in [-0.25, -0.2) is 0 Å². The van der Waals surface area contributed by atoms with Crippen molar-refractivity contribution in [1.82, 2.24) is 10.2 Å². The molecule has 3 fully saturated rings. The van der Waals surface area contributed by atoms with E-state index < -0.39 is 0 Å². The first-order chi connectivity index (χ1) is 9.83. The van der Waals surface area contributed by atoms with Gasteiger partial charge in [-0.15, -0.1) is 0 Å². The van der Waals surface area contributed by atoms with Crippen LogP contribution in [0.2, 0.25) is 0 Å². The van der Waals surface area contributed by atoms with Gasteiger partial charge in [0.1, 0.15) is 0 Å². The summed E-state index contributed by atoms with van der Waals surface area (Å²) in [4.78, 5) is 15.0. The molecule has 1 heterocycles. The van der Waals surface area contributed by atoms with Gasteiger partial charge in [-0.1, -0.05) is 32.1 Å². The molecule has 1 amide bonds. The molecule has 114 valence electrons. The van der Waals surface area contributed by atoms with Crippen LogP contribution in [0.3, 0.4) is 0 Å². The molecule has 0 radical (unpaired) electrons. The summed E-state index contributed by atoms with van der Waals surface area (Å²) in [6.07, 6.45) is 14.0. The largest absolute Gasteiger partial charge is 0.353 e. The van der Waals surface area contributed by atoms with E-state index in [-0.39, 0.29) is 0 Å². The van der Waals surface area contributed by atoms with Gasteiger partial charge in [0.15, 0.2) is 0 Å². The summed E-state index contributed by atoms with van der Waals surface area (Å²) >= 11 is 0. The number of likely N-dealkylation sites (tertiary alicyclic amines) is 1. The molecule has 2 saturated carbocycles. The summed E-state index contributed by atoms with van der Waals surface area (Å²) < 4.78 is 0. The molecule has 1 aliphatic heterocycles. The highest BCUT2D eigenvalue weighted by Crippen LogP contribution is 2.27. The van der Waals surface area contributed by atoms with Crippen molar-refractivity contribution in [3.8, 4) is 0 Å². The van der Waals surface area contributed by atoms with Crippen LogP contribution in [-0.2, 0) is 4.79 Å². The van der Waals surface area contributed by atoms with Crippen molar-refractivity contribution >= 4 is 5.91 Å². The molecule has 1 N–H and O–H groups in total. The van der Waals surface area contributed by atoms with Gasteiger partial charge in [-0.3, -0.25) is 4.79 Å². The van der Waals surface area contributed by atoms with Crippen molar-refractivity contribution < 1.29 is 4.79 Å². The van der Waals surface area contributed by atoms with E-state index in [9.17, 15) is 4.79 Å². The third kappa shape index (κ3) is 3.55. The molecule has 3 heteroatoms. The second kappa shape index (κ2) is 6.93. The Morgan fingerprint density at radius 2 is 1.40 bits per heavy atom. The molecule has 0 atom stereocenters. The van der Waals surface area contributed by atoms with E-state index in [4.69, 9.17) is 0 Å². The first-order valence-corrected chi connectivity index (χ1v) is 8.87. The maximum atomic E-state index is 12.3. The van der Waals surface area contributed by atoms with Gasteiger partial charge in [-0.05, 0) is 38.5 Å². The number of carbonyl (C=O) groups excluding carboxylic acids is 1. The SMILES string of the molecule is O=C(NC1CCN(C2CCCC2)CC1)C1CCCCC1. The summed E-state index contributed by atoms with van der Waals surface area (Å²) in [7, 11) is 0. The molecular weight excluding hydrogens is 248 g/mol. The normalized spacial score (nSPS) is 27.8. The van der Waals surface area contributed by atoms with Gasteiger partial charge in [0, 0.05) is 31.1 Å². The van der Waals surface area contributed by atoms with Crippen LogP contribution in [0.15, 0.2) is 0 Å². The molecule has 3 nitrogen and oxygen atoms in total. The van der Waals surface area contributed by atoms with Crippen LogP contribution >= 0.6 is 0 Å². The second-order valence-corrected chi connectivity index (χ2v) is 7.09. The lowest BCUT2D eigenvalue weighted by molar-refractivity contribution is -0.127. The van der Waals surface area contributed by atoms with E-state index >= 15 is 0 Å². The highest BCUT2D eigenvalue weighted by atomic mass is 16.1. The van der Waals surface area contributed by atoms with E-state index in [2.05, 4.69) is 10.2 Å². The Bertz CT molecular complexity index is 311. The van der Waals surface area contributed by atoms with Gasteiger partial charge >= 0.3 is 0 Å². The molecule has 2 aliphatic carbocycles. The summed E-state index contributed by atoms with van der Waals surface area (Å²) in [6.45, 7) is 2.39. The first kappa shape index (κ1) is 14.4. The molecule has 20 heavy (non-hydrogen) atoms. The molecule has 0 aromatic rings. The van der Waals surface area contributed by atoms with E-state index in [1.54, 1.807) is 0 Å². The minimum Gasteiger partial charge on any atom is -0.353 e. The average Bonchev–Trinajstić information content (AvgIpc) is 3.03. The van der Waals surface area contributed by atoms with Gasteiger partial charge in [0.05, 0.1) is 0 Å². The lowest BCUT2D eigenvalue weighted by atomic mass is 9.88. The fourth-order valence-electron chi connectivity index (χ4n) is 4.36. The number of hydrogen-bond acceptors (Lipinski definition) is 2. The zero-order valence-electron chi connectivity index (χ0n) is 12.8. The van der Waals surface area contributed by atoms with Gasteiger partial charge in [-0.2, -0.15) is 0 Å². The van der Waals surface area contributed by atoms with Gasteiger partial charge in [0.2, 0.25) is 5.91 Å². The van der Waals surface area contributed by atoms with Crippen LogP contribution < -0.4 is 5.32 Å². The zero-order chi connectivity index (χ0) is 13.8. The molecular formula is C17H30N2O. The fourth-order valence-corrected chi connectivity index (χ4v) is 4.36. The maximum Gasteiger partial charge on any atom is 0.223 e. The molecule has 0 spiro atoms. The Hall–Kier alpha value is -0.570. The summed E-state index contributed by atoms with van der Waals surface area (Å²) in [5.41, 5.74) is 0. The van der Waals surface area contributed by atoms with E-state index in [0.29, 0.717) is 17.9 Å². The van der Waals surface area contributed by atoms with Crippen molar-refractivity contribution in [3.63, 3.8) is 0 Å². The lowest BCUT2D eigenvalue weighted by Gasteiger charge is -2.36. The predicted octanol–water partition coefficient (Wildman–Crippen LogP) is 3.09. The van der Waals surface area contributed by atoms with E-state index in [1.807, 2.05) is 0 Å². The zero-order valence-corrected chi connectivity index (χ0v) is 12.8. The van der Waals surface area contributed by atoms with Crippen molar-refractivity contribution in [3.05, 3.63) is 0 Å². The predicted molar refractivity (Wildman–Crippen MR) is 81.6 cm³/mol. The van der Waals surface area contributed by atoms with Crippen LogP contribution in [0.4, 0.5) is 0 Å². The van der Waals surface area contributed by atoms with E-state index in [0.717, 1.165) is 31.7 Å². The second-order valence-electron chi connectivity index (χ2n) is 7.09. The summed E-state index contributed by atoms with van der Waals surface area (Å²) in [5, 5.41) is 3.33. The number of piperidine rings is 1. The highest BCUT2D eigenvalue weighted by Gasteiger charge is 2.29. The number of carbonyl (C=O) groups is 1. The Labute approximate surface area is 123 Å². The third-order valence-electron chi connectivity index (χ3n) is 5.69. The molecule has 0 aromatic heterocycles. The Morgan fingerprint density at radius 1 is 0.800 bits per heavy atom. The van der Waals surface area contributed by atoms with Crippen LogP contribution in [0.5, 0.6) is 0 Å². The molecule has 1 saturated heterocycles. The average molecular weight is 278 g/mol. The molecule has 0 bridgehead atoms. The van der Waals surface area contributed by atoms with Crippen molar-refractivity contribution in [2.45, 2.75) is 82.7 Å². The summed E-state index contributed by atoms with van der Waals surface area (Å²) in [5.74, 6) is 0.667. The number of nitrogens with zero attached hydrogens (tertiary/aromatic N) is 1. The van der Waals surface area contributed by atoms with Crippen LogP contribution in [0, 0.1) is 5.92 Å². The van der Waals surface area contributed by atoms with E-state index in [1.165, 1.54) is 58.0 Å².